The Morgan fingerprint density at radius 1 is 0.0956 bits per heavy atom. The first-order valence-corrected chi connectivity index (χ1v) is 61.2. The van der Waals surface area contributed by atoms with E-state index < -0.39 is 0 Å². The lowest BCUT2D eigenvalue weighted by Gasteiger charge is -2.28. The molecule has 8 heteroatoms. The third-order valence-electron chi connectivity index (χ3n) is 29.5. The van der Waals surface area contributed by atoms with E-state index in [1.54, 1.807) is 0 Å². The minimum Gasteiger partial charge on any atom is -0.490 e. The van der Waals surface area contributed by atoms with E-state index in [1.165, 1.54) is 462 Å². The predicted octanol–water partition coefficient (Wildman–Crippen LogP) is 44.2. The van der Waals surface area contributed by atoms with Gasteiger partial charge in [0.2, 0.25) is 0 Å². The molecule has 1 aliphatic rings. The predicted molar refractivity (Wildman–Crippen MR) is 597 cm³/mol. The first-order valence-electron chi connectivity index (χ1n) is 61.2. The van der Waals surface area contributed by atoms with Gasteiger partial charge < -0.3 is 37.9 Å². The smallest absolute Gasteiger partial charge is 0.161 e. The molecule has 0 saturated carbocycles. The first kappa shape index (κ1) is 122. The molecule has 0 heterocycles. The van der Waals surface area contributed by atoms with E-state index in [0.717, 1.165) is 193 Å². The monoisotopic (exact) mass is 1890 g/mol. The topological polar surface area (TPSA) is 73.8 Å². The van der Waals surface area contributed by atoms with Crippen LogP contribution < -0.4 is 37.9 Å². The summed E-state index contributed by atoms with van der Waals surface area (Å²) in [5.74, 6) is 6.59. The second-order valence-corrected chi connectivity index (χ2v) is 42.5. The Balaban J connectivity index is 1.80. The molecule has 0 amide bonds. The summed E-state index contributed by atoms with van der Waals surface area (Å²) in [4.78, 5) is 0. The van der Waals surface area contributed by atoms with Crippen molar-refractivity contribution in [2.24, 2.45) is 0 Å². The zero-order valence-electron chi connectivity index (χ0n) is 91.8. The Morgan fingerprint density at radius 2 is 0.162 bits per heavy atom. The van der Waals surface area contributed by atoms with Crippen LogP contribution in [0.1, 0.15) is 620 Å². The van der Waals surface area contributed by atoms with Crippen LogP contribution in [0.2, 0.25) is 0 Å². The van der Waals surface area contributed by atoms with Crippen molar-refractivity contribution in [2.45, 2.75) is 620 Å². The first-order chi connectivity index (χ1) is 67.5. The quantitative estimate of drug-likeness (QED) is 0.0357. The number of benzene rings is 4. The van der Waals surface area contributed by atoms with Crippen molar-refractivity contribution in [3.8, 4) is 90.5 Å². The van der Waals surface area contributed by atoms with Crippen LogP contribution in [0.25, 0.3) is 44.5 Å². The zero-order valence-corrected chi connectivity index (χ0v) is 91.8. The van der Waals surface area contributed by atoms with Crippen molar-refractivity contribution >= 4 is 0 Å². The van der Waals surface area contributed by atoms with Gasteiger partial charge in [-0.1, -0.05) is 569 Å². The molecule has 5 rings (SSSR count). The van der Waals surface area contributed by atoms with Gasteiger partial charge in [0.1, 0.15) is 0 Å². The minimum absolute atomic E-state index is 0.634. The van der Waals surface area contributed by atoms with Crippen molar-refractivity contribution in [1.82, 2.24) is 0 Å². The van der Waals surface area contributed by atoms with Gasteiger partial charge in [-0.05, 0) is 144 Å². The fraction of sp³-hybridized carbons (Fsp3) is 0.812. The fourth-order valence-electron chi connectivity index (χ4n) is 20.5. The van der Waals surface area contributed by atoms with Gasteiger partial charge in [0.15, 0.2) is 46.0 Å². The summed E-state index contributed by atoms with van der Waals surface area (Å²) in [5, 5.41) is 0. The molecule has 4 aromatic rings. The average molecular weight is 1890 g/mol. The summed E-state index contributed by atoms with van der Waals surface area (Å²) in [7, 11) is 0. The lowest BCUT2D eigenvalue weighted by atomic mass is 9.80. The number of hydrogen-bond donors (Lipinski definition) is 0. The highest BCUT2D eigenvalue weighted by molar-refractivity contribution is 6.06. The molecule has 0 saturated heterocycles. The van der Waals surface area contributed by atoms with Crippen LogP contribution in [0.5, 0.6) is 46.0 Å². The molecule has 0 fully saturated rings. The number of ether oxygens (including phenoxy) is 8. The Bertz CT molecular complexity index is 2630. The van der Waals surface area contributed by atoms with Crippen LogP contribution in [-0.4, -0.2) is 52.9 Å². The molecule has 0 aliphatic heterocycles. The van der Waals surface area contributed by atoms with E-state index in [0.29, 0.717) is 52.9 Å². The Hall–Kier alpha value is -4.72. The summed E-state index contributed by atoms with van der Waals surface area (Å²) in [6, 6.07) is 19.2. The Morgan fingerprint density at radius 3 is 0.235 bits per heavy atom. The van der Waals surface area contributed by atoms with Crippen molar-refractivity contribution in [1.29, 1.82) is 0 Å². The number of unbranched alkanes of at least 4 members (excludes halogenated alkanes) is 80. The molecule has 0 unspecified atom stereocenters. The lowest BCUT2D eigenvalue weighted by Crippen LogP contribution is -2.08. The number of fused-ring (bicyclic) bond motifs is 8. The molecule has 4 aromatic carbocycles. The van der Waals surface area contributed by atoms with E-state index in [2.05, 4.69) is 104 Å². The summed E-state index contributed by atoms with van der Waals surface area (Å²) in [6.07, 6.45) is 113. The highest BCUT2D eigenvalue weighted by Crippen LogP contribution is 2.57. The largest absolute Gasteiger partial charge is 0.490 e. The molecule has 1 aliphatic carbocycles. The second-order valence-electron chi connectivity index (χ2n) is 42.5. The molecule has 0 radical (unpaired) electrons. The maximum atomic E-state index is 7.37. The van der Waals surface area contributed by atoms with E-state index in [1.807, 2.05) is 0 Å². The summed E-state index contributed by atoms with van der Waals surface area (Å²) >= 11 is 0. The Kier molecular flexibility index (Phi) is 80.8. The number of rotatable bonds is 104. The molecule has 784 valence electrons. The van der Waals surface area contributed by atoms with Gasteiger partial charge in [-0.15, -0.1) is 0 Å². The van der Waals surface area contributed by atoms with Crippen molar-refractivity contribution < 1.29 is 37.9 Å². The maximum absolute atomic E-state index is 7.37. The fourth-order valence-corrected chi connectivity index (χ4v) is 20.5. The van der Waals surface area contributed by atoms with Gasteiger partial charge in [0, 0.05) is 0 Å². The van der Waals surface area contributed by atoms with Gasteiger partial charge in [-0.2, -0.15) is 0 Å². The highest BCUT2D eigenvalue weighted by Gasteiger charge is 2.31. The normalized spacial score (nSPS) is 11.7. The SMILES string of the molecule is CCCCCCCCCCCCCOc1cc2c(cc1OCCCCCCCCCCCCC)-c1cc(OCCCCCCCCCCCCC)c(OCCCCCCCCCCCCC)cc1-c1cc(OCCCCCCCCCCCCC)c(OCCCCCCCCCCCCC)cc1-c1cc(OCCCCCCCCCCCCC)c(OCCCCCCCCCCCCC)cc1-2. The molecule has 0 aromatic heterocycles. The van der Waals surface area contributed by atoms with Gasteiger partial charge in [0.25, 0.3) is 0 Å². The van der Waals surface area contributed by atoms with Crippen molar-refractivity contribution in [3.63, 3.8) is 0 Å². The van der Waals surface area contributed by atoms with Crippen LogP contribution in [0.3, 0.4) is 0 Å². The molecule has 8 nitrogen and oxygen atoms in total. The second kappa shape index (κ2) is 90.3. The zero-order chi connectivity index (χ0) is 96.4. The lowest BCUT2D eigenvalue weighted by molar-refractivity contribution is 0.258. The Labute approximate surface area is 844 Å². The van der Waals surface area contributed by atoms with Crippen LogP contribution in [0.15, 0.2) is 48.5 Å². The van der Waals surface area contributed by atoms with E-state index in [-0.39, 0.29) is 0 Å². The van der Waals surface area contributed by atoms with E-state index >= 15 is 0 Å². The molecular formula is C128H224O8. The van der Waals surface area contributed by atoms with Gasteiger partial charge in [-0.3, -0.25) is 0 Å². The molecule has 0 atom stereocenters. The third kappa shape index (κ3) is 60.7. The summed E-state index contributed by atoms with van der Waals surface area (Å²) in [5.41, 5.74) is 8.78. The molecule has 0 bridgehead atoms. The highest BCUT2D eigenvalue weighted by atomic mass is 16.5. The third-order valence-corrected chi connectivity index (χ3v) is 29.5. The van der Waals surface area contributed by atoms with E-state index in [4.69, 9.17) is 37.9 Å². The maximum Gasteiger partial charge on any atom is 0.161 e. The summed E-state index contributed by atoms with van der Waals surface area (Å²) < 4.78 is 59.0. The van der Waals surface area contributed by atoms with Gasteiger partial charge in [0.05, 0.1) is 52.9 Å². The van der Waals surface area contributed by atoms with Crippen molar-refractivity contribution in [2.75, 3.05) is 52.9 Å². The summed E-state index contributed by atoms with van der Waals surface area (Å²) in [6.45, 7) is 23.7. The van der Waals surface area contributed by atoms with Gasteiger partial charge in [-0.25, -0.2) is 0 Å². The molecule has 136 heavy (non-hydrogen) atoms. The molecule has 0 N–H and O–H groups in total. The minimum atomic E-state index is 0.634. The van der Waals surface area contributed by atoms with Crippen LogP contribution in [0.4, 0.5) is 0 Å². The van der Waals surface area contributed by atoms with Crippen LogP contribution >= 0.6 is 0 Å². The molecule has 0 spiro atoms. The molecular weight excluding hydrogens is 1670 g/mol. The number of hydrogen-bond acceptors (Lipinski definition) is 8. The average Bonchev–Trinajstić information content (AvgIpc) is 0.724. The van der Waals surface area contributed by atoms with Gasteiger partial charge >= 0.3 is 0 Å². The van der Waals surface area contributed by atoms with Crippen molar-refractivity contribution in [3.05, 3.63) is 48.5 Å². The standard InChI is InChI=1S/C128H224O8/c1-9-17-25-33-41-49-57-65-73-81-89-97-129-121-105-113-114(106-122(121)130-98-90-82-74-66-58-50-42-34-26-18-10-2)116-108-124(132-100-92-84-76-68-60-52-44-36-28-20-12-4)126(134-102-94-86-78-70-62-54-46-38-30-22-14-6)110-118(116)120-112-128(136-104-96-88-80-72-64-56-48-40-32-24-16-8)127(135-103-95-87-79-71-63-55-47-39-31-23-15-7)111-119(120)117-109-125(133-101-93-85-77-69-61-53-45-37-29-21-13-5)123(107-115(113)117)131-99-91-83-75-67-59-51-43-35-27-19-11-3/h105-112H,9-104H2,1-8H3. The van der Waals surface area contributed by atoms with Crippen LogP contribution in [-0.2, 0) is 0 Å². The van der Waals surface area contributed by atoms with Crippen LogP contribution in [0, 0.1) is 0 Å². The van der Waals surface area contributed by atoms with E-state index in [9.17, 15) is 0 Å².